The molecule has 0 aliphatic heterocycles. The Balaban J connectivity index is 1.27. The number of hydrogen-bond donors (Lipinski definition) is 0. The first-order chi connectivity index (χ1) is 18.3. The standard InChI is InChI=1S/C36H69Si4/c1-34(2)28-16-13-25(31(34)19-28)22-38(7,8)37(39(9,10)23-26-14-17-29-20-32(26)35(29,3)4)40(11,12)24-27-15-18-30-21-33(27)36(30,5)6/h25-33H,13-24H2,1-12H3/t25-,26-,27-,28+,29+,30+,31+,32+,33+/m1/s1. The normalized spacial score (nSPS) is 43.0. The van der Waals surface area contributed by atoms with Crippen LogP contribution in [0.1, 0.15) is 99.3 Å². The molecule has 9 atom stereocenters. The van der Waals surface area contributed by atoms with Crippen molar-refractivity contribution in [3.8, 4) is 0 Å². The highest BCUT2D eigenvalue weighted by Crippen LogP contribution is 2.65. The maximum atomic E-state index is 3.01. The lowest BCUT2D eigenvalue weighted by Crippen LogP contribution is -2.75. The molecule has 9 aliphatic carbocycles. The number of fused-ring (bicyclic) bond motifs is 6. The van der Waals surface area contributed by atoms with Crippen LogP contribution in [0, 0.1) is 69.5 Å². The van der Waals surface area contributed by atoms with Crippen LogP contribution < -0.4 is 0 Å². The summed E-state index contributed by atoms with van der Waals surface area (Å²) >= 11 is 0. The second-order valence-corrected chi connectivity index (χ2v) is 55.2. The molecule has 0 nitrogen and oxygen atoms in total. The average Bonchev–Trinajstić information content (AvgIpc) is 2.82. The Hall–Kier alpha value is 0.868. The van der Waals surface area contributed by atoms with Crippen molar-refractivity contribution in [2.45, 2.75) is 157 Å². The molecule has 0 spiro atoms. The largest absolute Gasteiger partial charge is 0.0719 e. The van der Waals surface area contributed by atoms with Gasteiger partial charge >= 0.3 is 0 Å². The van der Waals surface area contributed by atoms with E-state index in [0.717, 1.165) is 53.3 Å². The van der Waals surface area contributed by atoms with Gasteiger partial charge in [-0.1, -0.05) is 118 Å². The molecule has 0 heterocycles. The van der Waals surface area contributed by atoms with Crippen LogP contribution in [0.5, 0.6) is 0 Å². The second-order valence-electron chi connectivity index (χ2n) is 20.7. The summed E-state index contributed by atoms with van der Waals surface area (Å²) in [5, 5.41) is 0. The molecule has 4 heteroatoms. The SMILES string of the molecule is CC1(C)[C@H]2CC[C@H](C[Si](C)(C)[Si]([Si](C)(C)C[C@H]3CC[C@H]4C[C@@H]3C4(C)C)[Si](C)(C)C[C@H]3CC[C@H]4C[C@@H]3C4(C)C)[C@@H]1C2. The van der Waals surface area contributed by atoms with Gasteiger partial charge in [0.15, 0.2) is 0 Å². The molecule has 9 rings (SSSR count). The van der Waals surface area contributed by atoms with E-state index in [1.165, 1.54) is 0 Å². The maximum absolute atomic E-state index is 3.01. The molecule has 0 N–H and O–H groups in total. The summed E-state index contributed by atoms with van der Waals surface area (Å²) in [6.45, 7) is 34.0. The van der Waals surface area contributed by atoms with Crippen LogP contribution in [-0.2, 0) is 0 Å². The van der Waals surface area contributed by atoms with Gasteiger partial charge in [0, 0.05) is 30.1 Å². The van der Waals surface area contributed by atoms with Gasteiger partial charge in [-0.25, -0.2) is 0 Å². The van der Waals surface area contributed by atoms with Crippen molar-refractivity contribution in [1.82, 2.24) is 0 Å². The average molecular weight is 614 g/mol. The fraction of sp³-hybridized carbons (Fsp3) is 1.00. The Morgan fingerprint density at radius 3 is 0.900 bits per heavy atom. The summed E-state index contributed by atoms with van der Waals surface area (Å²) in [4.78, 5) is 0. The zero-order valence-electron chi connectivity index (χ0n) is 29.2. The molecule has 0 aromatic carbocycles. The van der Waals surface area contributed by atoms with Gasteiger partial charge in [0.2, 0.25) is 0 Å². The van der Waals surface area contributed by atoms with Crippen molar-refractivity contribution >= 4 is 30.1 Å². The van der Waals surface area contributed by atoms with Gasteiger partial charge < -0.3 is 0 Å². The van der Waals surface area contributed by atoms with E-state index in [2.05, 4.69) is 80.8 Å². The minimum Gasteiger partial charge on any atom is -0.0719 e. The lowest BCUT2D eigenvalue weighted by molar-refractivity contribution is -0.0991. The molecule has 1 radical (unpaired) electrons. The molecular weight excluding hydrogens is 545 g/mol. The van der Waals surface area contributed by atoms with E-state index in [0.29, 0.717) is 16.2 Å². The third kappa shape index (κ3) is 4.70. The van der Waals surface area contributed by atoms with Gasteiger partial charge in [-0.05, 0) is 108 Å². The highest BCUT2D eigenvalue weighted by Gasteiger charge is 2.62. The van der Waals surface area contributed by atoms with Gasteiger partial charge in [0.05, 0.1) is 0 Å². The molecular formula is C36H69Si4. The van der Waals surface area contributed by atoms with E-state index in [1.807, 2.05) is 0 Å². The molecule has 9 fully saturated rings. The Labute approximate surface area is 255 Å². The first-order valence-corrected chi connectivity index (χ1v) is 32.3. The highest BCUT2D eigenvalue weighted by molar-refractivity contribution is 7.81. The fourth-order valence-electron chi connectivity index (χ4n) is 14.6. The predicted octanol–water partition coefficient (Wildman–Crippen LogP) is 11.1. The summed E-state index contributed by atoms with van der Waals surface area (Å²) in [5.74, 6) is 9.61. The van der Waals surface area contributed by atoms with E-state index < -0.39 is 22.8 Å². The summed E-state index contributed by atoms with van der Waals surface area (Å²) in [7, 11) is -4.19. The summed E-state index contributed by atoms with van der Waals surface area (Å²) < 4.78 is 0. The van der Waals surface area contributed by atoms with Crippen LogP contribution in [-0.4, -0.2) is 30.1 Å². The lowest BCUT2D eigenvalue weighted by Gasteiger charge is -2.64. The van der Waals surface area contributed by atoms with Gasteiger partial charge in [0.25, 0.3) is 0 Å². The van der Waals surface area contributed by atoms with Crippen molar-refractivity contribution in [3.05, 3.63) is 0 Å². The van der Waals surface area contributed by atoms with Crippen LogP contribution in [0.25, 0.3) is 0 Å². The van der Waals surface area contributed by atoms with Crippen molar-refractivity contribution in [2.75, 3.05) is 0 Å². The molecule has 0 unspecified atom stereocenters. The first kappa shape index (κ1) is 30.9. The van der Waals surface area contributed by atoms with E-state index in [9.17, 15) is 0 Å². The molecule has 0 aromatic rings. The van der Waals surface area contributed by atoms with Crippen molar-refractivity contribution in [3.63, 3.8) is 0 Å². The zero-order valence-corrected chi connectivity index (χ0v) is 33.2. The molecule has 0 aromatic heterocycles. The van der Waals surface area contributed by atoms with Gasteiger partial charge in [-0.3, -0.25) is 0 Å². The van der Waals surface area contributed by atoms with E-state index in [1.54, 1.807) is 75.9 Å². The summed E-state index contributed by atoms with van der Waals surface area (Å²) in [6.07, 6.45) is 14.2. The fourth-order valence-corrected chi connectivity index (χ4v) is 102. The molecule has 0 amide bonds. The molecule has 229 valence electrons. The second kappa shape index (κ2) is 9.68. The van der Waals surface area contributed by atoms with Gasteiger partial charge in [-0.15, -0.1) is 0 Å². The quantitative estimate of drug-likeness (QED) is 0.227. The molecule has 40 heavy (non-hydrogen) atoms. The predicted molar refractivity (Wildman–Crippen MR) is 187 cm³/mol. The topological polar surface area (TPSA) is 0 Å². The van der Waals surface area contributed by atoms with Crippen molar-refractivity contribution in [2.24, 2.45) is 69.5 Å². The monoisotopic (exact) mass is 613 g/mol. The zero-order chi connectivity index (χ0) is 29.3. The smallest absolute Gasteiger partial charge is 0.0340 e. The Bertz CT molecular complexity index is 846. The molecule has 0 saturated heterocycles. The van der Waals surface area contributed by atoms with E-state index in [4.69, 9.17) is 0 Å². The summed E-state index contributed by atoms with van der Waals surface area (Å²) in [5.41, 5.74) is 1.97. The third-order valence-corrected chi connectivity index (χ3v) is 75.6. The highest BCUT2D eigenvalue weighted by atomic mass is 29.9. The Morgan fingerprint density at radius 2 is 0.700 bits per heavy atom. The Kier molecular flexibility index (Phi) is 7.47. The van der Waals surface area contributed by atoms with Crippen LogP contribution in [0.3, 0.4) is 0 Å². The van der Waals surface area contributed by atoms with Crippen molar-refractivity contribution < 1.29 is 0 Å². The number of hydrogen-bond acceptors (Lipinski definition) is 0. The van der Waals surface area contributed by atoms with E-state index >= 15 is 0 Å². The van der Waals surface area contributed by atoms with Gasteiger partial charge in [-0.2, -0.15) is 0 Å². The van der Waals surface area contributed by atoms with E-state index in [-0.39, 0.29) is 7.35 Å². The van der Waals surface area contributed by atoms with Crippen LogP contribution in [0.4, 0.5) is 0 Å². The number of rotatable bonds is 9. The van der Waals surface area contributed by atoms with Crippen LogP contribution in [0.2, 0.25) is 57.4 Å². The summed E-state index contributed by atoms with van der Waals surface area (Å²) in [6, 6.07) is 5.16. The minimum atomic E-state index is -1.30. The van der Waals surface area contributed by atoms with Crippen LogP contribution >= 0.6 is 0 Å². The first-order valence-electron chi connectivity index (χ1n) is 18.2. The molecule has 9 aliphatic rings. The lowest BCUT2D eigenvalue weighted by atomic mass is 9.46. The van der Waals surface area contributed by atoms with Crippen LogP contribution in [0.15, 0.2) is 0 Å². The molecule has 6 bridgehead atoms. The van der Waals surface area contributed by atoms with Crippen molar-refractivity contribution in [1.29, 1.82) is 0 Å². The Morgan fingerprint density at radius 1 is 0.450 bits per heavy atom. The van der Waals surface area contributed by atoms with Gasteiger partial charge in [0.1, 0.15) is 0 Å². The molecule has 9 saturated carbocycles. The minimum absolute atomic E-state index is 0.281. The third-order valence-electron chi connectivity index (χ3n) is 16.4. The maximum Gasteiger partial charge on any atom is 0.0340 e.